The average molecular weight is 281 g/mol. The Labute approximate surface area is 112 Å². The summed E-state index contributed by atoms with van der Waals surface area (Å²) >= 11 is 0. The quantitative estimate of drug-likeness (QED) is 0.792. The molecule has 5 nitrogen and oxygen atoms in total. The first-order valence-corrected chi connectivity index (χ1v) is 5.79. The third kappa shape index (κ3) is 3.32. The predicted octanol–water partition coefficient (Wildman–Crippen LogP) is 2.17. The first-order valence-electron chi connectivity index (χ1n) is 5.79. The Kier molecular flexibility index (Phi) is 3.98. The van der Waals surface area contributed by atoms with Gasteiger partial charge in [0.1, 0.15) is 17.9 Å². The van der Waals surface area contributed by atoms with E-state index in [2.05, 4.69) is 32.2 Å². The summed E-state index contributed by atoms with van der Waals surface area (Å²) in [6.07, 6.45) is -3.80. The van der Waals surface area contributed by atoms with E-state index in [4.69, 9.17) is 0 Å². The maximum Gasteiger partial charge on any atom is 0.433 e. The smallest absolute Gasteiger partial charge is 0.240 e. The second-order valence-electron chi connectivity index (χ2n) is 3.76. The number of pyridine rings is 1. The van der Waals surface area contributed by atoms with Crippen molar-refractivity contribution in [1.29, 1.82) is 0 Å². The van der Waals surface area contributed by atoms with E-state index in [1.165, 1.54) is 16.9 Å². The van der Waals surface area contributed by atoms with Crippen LogP contribution >= 0.6 is 0 Å². The van der Waals surface area contributed by atoms with E-state index in [0.717, 1.165) is 6.07 Å². The minimum Gasteiger partial charge on any atom is -0.240 e. The van der Waals surface area contributed by atoms with Gasteiger partial charge in [0.2, 0.25) is 5.82 Å². The van der Waals surface area contributed by atoms with E-state index in [0.29, 0.717) is 6.42 Å². The van der Waals surface area contributed by atoms with Crippen molar-refractivity contribution in [2.24, 2.45) is 0 Å². The molecule has 2 heterocycles. The van der Waals surface area contributed by atoms with Crippen molar-refractivity contribution in [1.82, 2.24) is 25.2 Å². The van der Waals surface area contributed by atoms with Crippen LogP contribution in [0.2, 0.25) is 0 Å². The summed E-state index contributed by atoms with van der Waals surface area (Å²) in [6, 6.07) is 3.54. The van der Waals surface area contributed by atoms with Crippen molar-refractivity contribution < 1.29 is 13.2 Å². The first kappa shape index (κ1) is 14.0. The van der Waals surface area contributed by atoms with E-state index in [1.807, 2.05) is 6.92 Å². The van der Waals surface area contributed by atoms with Crippen LogP contribution in [0, 0.1) is 11.8 Å². The zero-order valence-electron chi connectivity index (χ0n) is 10.5. The zero-order valence-corrected chi connectivity index (χ0v) is 10.5. The molecule has 0 N–H and O–H groups in total. The number of halogens is 3. The van der Waals surface area contributed by atoms with Crippen molar-refractivity contribution in [2.45, 2.75) is 26.1 Å². The minimum atomic E-state index is -4.50. The Balaban J connectivity index is 2.24. The molecule has 0 aromatic carbocycles. The molecule has 20 heavy (non-hydrogen) atoms. The molecule has 2 rings (SSSR count). The normalized spacial score (nSPS) is 11.0. The van der Waals surface area contributed by atoms with E-state index in [-0.39, 0.29) is 18.1 Å². The molecule has 2 aromatic rings. The fraction of sp³-hybridized carbons (Fsp3) is 0.333. The third-order valence-electron chi connectivity index (χ3n) is 2.24. The topological polar surface area (TPSA) is 56.5 Å². The predicted molar refractivity (Wildman–Crippen MR) is 64.1 cm³/mol. The standard InChI is InChI=1S/C12H10F3N5/c1-2-3-4-8-20-18-11(17-19-20)9-6-5-7-10(16-9)12(13,14)15/h5-7H,2,8H2,1H3. The van der Waals surface area contributed by atoms with Crippen LogP contribution in [0.1, 0.15) is 19.0 Å². The van der Waals surface area contributed by atoms with Gasteiger partial charge in [-0.15, -0.1) is 16.1 Å². The summed E-state index contributed by atoms with van der Waals surface area (Å²) in [5.74, 6) is 5.67. The molecular formula is C12H10F3N5. The maximum atomic E-state index is 12.6. The van der Waals surface area contributed by atoms with Crippen LogP contribution in [0.25, 0.3) is 11.5 Å². The van der Waals surface area contributed by atoms with Gasteiger partial charge in [0.15, 0.2) is 0 Å². The molecule has 0 unspecified atom stereocenters. The Bertz CT molecular complexity index is 651. The Morgan fingerprint density at radius 1 is 1.25 bits per heavy atom. The molecule has 0 aliphatic carbocycles. The Morgan fingerprint density at radius 3 is 2.75 bits per heavy atom. The molecule has 0 radical (unpaired) electrons. The number of aromatic nitrogens is 5. The van der Waals surface area contributed by atoms with Gasteiger partial charge >= 0.3 is 6.18 Å². The van der Waals surface area contributed by atoms with E-state index in [9.17, 15) is 13.2 Å². The number of hydrogen-bond acceptors (Lipinski definition) is 4. The summed E-state index contributed by atoms with van der Waals surface area (Å²) < 4.78 is 37.7. The van der Waals surface area contributed by atoms with Gasteiger partial charge in [-0.2, -0.15) is 18.0 Å². The summed E-state index contributed by atoms with van der Waals surface area (Å²) in [5, 5.41) is 11.3. The minimum absolute atomic E-state index is 0.0227. The van der Waals surface area contributed by atoms with E-state index >= 15 is 0 Å². The summed E-state index contributed by atoms with van der Waals surface area (Å²) in [6.45, 7) is 2.14. The molecular weight excluding hydrogens is 271 g/mol. The molecule has 0 fully saturated rings. The maximum absolute atomic E-state index is 12.6. The number of rotatable bonds is 2. The number of alkyl halides is 3. The molecule has 0 saturated carbocycles. The molecule has 0 aliphatic heterocycles. The van der Waals surface area contributed by atoms with Crippen LogP contribution in [0.15, 0.2) is 18.2 Å². The van der Waals surface area contributed by atoms with Crippen molar-refractivity contribution >= 4 is 0 Å². The molecule has 104 valence electrons. The first-order chi connectivity index (χ1) is 9.50. The van der Waals surface area contributed by atoms with Crippen LogP contribution < -0.4 is 0 Å². The molecule has 0 atom stereocenters. The van der Waals surface area contributed by atoms with Gasteiger partial charge in [-0.1, -0.05) is 18.9 Å². The third-order valence-corrected chi connectivity index (χ3v) is 2.24. The van der Waals surface area contributed by atoms with Gasteiger partial charge in [-0.25, -0.2) is 4.98 Å². The van der Waals surface area contributed by atoms with Gasteiger partial charge in [0.05, 0.1) is 0 Å². The van der Waals surface area contributed by atoms with Gasteiger partial charge in [0, 0.05) is 6.42 Å². The molecule has 2 aromatic heterocycles. The summed E-state index contributed by atoms with van der Waals surface area (Å²) in [5.41, 5.74) is -0.966. The highest BCUT2D eigenvalue weighted by Crippen LogP contribution is 2.28. The molecule has 0 amide bonds. The number of nitrogens with zero attached hydrogens (tertiary/aromatic N) is 5. The lowest BCUT2D eigenvalue weighted by Crippen LogP contribution is -2.08. The van der Waals surface area contributed by atoms with Crippen LogP contribution in [-0.4, -0.2) is 25.2 Å². The lowest BCUT2D eigenvalue weighted by Gasteiger charge is -2.05. The lowest BCUT2D eigenvalue weighted by atomic mass is 10.3. The van der Waals surface area contributed by atoms with Gasteiger partial charge < -0.3 is 0 Å². The summed E-state index contributed by atoms with van der Waals surface area (Å²) in [7, 11) is 0. The average Bonchev–Trinajstić information content (AvgIpc) is 2.87. The highest BCUT2D eigenvalue weighted by atomic mass is 19.4. The van der Waals surface area contributed by atoms with E-state index < -0.39 is 11.9 Å². The highest BCUT2D eigenvalue weighted by molar-refractivity contribution is 5.47. The van der Waals surface area contributed by atoms with Crippen molar-refractivity contribution in [3.63, 3.8) is 0 Å². The van der Waals surface area contributed by atoms with Gasteiger partial charge in [-0.3, -0.25) is 0 Å². The van der Waals surface area contributed by atoms with Gasteiger partial charge in [0.25, 0.3) is 0 Å². The molecule has 8 heteroatoms. The SMILES string of the molecule is CCC#CCn1nnc(-c2cccc(C(F)(F)F)n2)n1. The van der Waals surface area contributed by atoms with Gasteiger partial charge in [-0.05, 0) is 17.3 Å². The van der Waals surface area contributed by atoms with E-state index in [1.54, 1.807) is 0 Å². The van der Waals surface area contributed by atoms with Crippen LogP contribution in [0.4, 0.5) is 13.2 Å². The van der Waals surface area contributed by atoms with Crippen molar-refractivity contribution in [3.05, 3.63) is 23.9 Å². The van der Waals surface area contributed by atoms with Crippen LogP contribution in [0.5, 0.6) is 0 Å². The molecule has 0 aliphatic rings. The fourth-order valence-electron chi connectivity index (χ4n) is 1.38. The second-order valence-corrected chi connectivity index (χ2v) is 3.76. The second kappa shape index (κ2) is 5.69. The van der Waals surface area contributed by atoms with Crippen molar-refractivity contribution in [3.8, 4) is 23.4 Å². The monoisotopic (exact) mass is 281 g/mol. The molecule has 0 spiro atoms. The Hall–Kier alpha value is -2.43. The summed E-state index contributed by atoms with van der Waals surface area (Å²) in [4.78, 5) is 4.69. The number of tetrazole rings is 1. The molecule has 0 bridgehead atoms. The highest BCUT2D eigenvalue weighted by Gasteiger charge is 2.32. The largest absolute Gasteiger partial charge is 0.433 e. The van der Waals surface area contributed by atoms with Crippen LogP contribution in [0.3, 0.4) is 0 Å². The van der Waals surface area contributed by atoms with Crippen LogP contribution in [-0.2, 0) is 12.7 Å². The fourth-order valence-corrected chi connectivity index (χ4v) is 1.38. The Morgan fingerprint density at radius 2 is 2.05 bits per heavy atom. The zero-order chi connectivity index (χ0) is 14.6. The lowest BCUT2D eigenvalue weighted by molar-refractivity contribution is -0.141. The van der Waals surface area contributed by atoms with Crippen molar-refractivity contribution in [2.75, 3.05) is 0 Å². The number of hydrogen-bond donors (Lipinski definition) is 0. The molecule has 0 saturated heterocycles.